The fourth-order valence-corrected chi connectivity index (χ4v) is 3.68. The molecule has 0 radical (unpaired) electrons. The standard InChI is InChI=1S/C26H29FO2/c1-3-28-24-14-10-22(11-15-24)26(2,20-21-8-5-4-6-9-21)18-7-19-29-25-16-12-23(27)13-17-25/h4-6,8-17H,3,7,18-20H2,1-2H3. The van der Waals surface area contributed by atoms with Crippen molar-refractivity contribution in [2.45, 2.75) is 38.5 Å². The Balaban J connectivity index is 1.68. The smallest absolute Gasteiger partial charge is 0.123 e. The first-order valence-electron chi connectivity index (χ1n) is 10.2. The maximum absolute atomic E-state index is 13.0. The molecule has 3 heteroatoms. The summed E-state index contributed by atoms with van der Waals surface area (Å²) in [5, 5.41) is 0. The molecule has 152 valence electrons. The molecule has 0 aliphatic carbocycles. The van der Waals surface area contributed by atoms with Crippen LogP contribution in [0.25, 0.3) is 0 Å². The molecule has 0 N–H and O–H groups in total. The van der Waals surface area contributed by atoms with Crippen LogP contribution in [0.15, 0.2) is 78.9 Å². The lowest BCUT2D eigenvalue weighted by Gasteiger charge is -2.31. The van der Waals surface area contributed by atoms with Gasteiger partial charge in [0.05, 0.1) is 13.2 Å². The average Bonchev–Trinajstić information content (AvgIpc) is 2.74. The Morgan fingerprint density at radius 3 is 2.07 bits per heavy atom. The summed E-state index contributed by atoms with van der Waals surface area (Å²) in [5.41, 5.74) is 2.60. The molecule has 3 aromatic rings. The summed E-state index contributed by atoms with van der Waals surface area (Å²) in [6.45, 7) is 5.58. The zero-order valence-electron chi connectivity index (χ0n) is 17.2. The Hall–Kier alpha value is -2.81. The van der Waals surface area contributed by atoms with Gasteiger partial charge in [-0.3, -0.25) is 0 Å². The first kappa shape index (κ1) is 20.9. The lowest BCUT2D eigenvalue weighted by Crippen LogP contribution is -2.26. The highest BCUT2D eigenvalue weighted by Crippen LogP contribution is 2.34. The van der Waals surface area contributed by atoms with Crippen LogP contribution in [0.2, 0.25) is 0 Å². The predicted octanol–water partition coefficient (Wildman–Crippen LogP) is 6.58. The van der Waals surface area contributed by atoms with E-state index < -0.39 is 0 Å². The summed E-state index contributed by atoms with van der Waals surface area (Å²) in [5.74, 6) is 1.36. The van der Waals surface area contributed by atoms with Gasteiger partial charge < -0.3 is 9.47 Å². The fraction of sp³-hybridized carbons (Fsp3) is 0.308. The molecule has 0 spiro atoms. The summed E-state index contributed by atoms with van der Waals surface area (Å²) in [6.07, 6.45) is 2.85. The molecule has 2 nitrogen and oxygen atoms in total. The molecule has 29 heavy (non-hydrogen) atoms. The highest BCUT2D eigenvalue weighted by Gasteiger charge is 2.27. The Bertz CT molecular complexity index is 859. The van der Waals surface area contributed by atoms with Gasteiger partial charge in [-0.05, 0) is 79.1 Å². The highest BCUT2D eigenvalue weighted by molar-refractivity contribution is 5.34. The van der Waals surface area contributed by atoms with E-state index in [1.807, 2.05) is 13.0 Å². The molecule has 0 amide bonds. The fourth-order valence-electron chi connectivity index (χ4n) is 3.68. The van der Waals surface area contributed by atoms with Crippen LogP contribution >= 0.6 is 0 Å². The van der Waals surface area contributed by atoms with Crippen molar-refractivity contribution in [3.8, 4) is 11.5 Å². The molecule has 0 fully saturated rings. The van der Waals surface area contributed by atoms with E-state index in [4.69, 9.17) is 9.47 Å². The summed E-state index contributed by atoms with van der Waals surface area (Å²) < 4.78 is 24.4. The van der Waals surface area contributed by atoms with Crippen LogP contribution in [-0.4, -0.2) is 13.2 Å². The topological polar surface area (TPSA) is 18.5 Å². The summed E-state index contributed by atoms with van der Waals surface area (Å²) in [4.78, 5) is 0. The Kier molecular flexibility index (Phi) is 7.29. The monoisotopic (exact) mass is 392 g/mol. The van der Waals surface area contributed by atoms with Gasteiger partial charge in [-0.25, -0.2) is 4.39 Å². The first-order chi connectivity index (χ1) is 14.1. The van der Waals surface area contributed by atoms with Gasteiger partial charge in [0.25, 0.3) is 0 Å². The van der Waals surface area contributed by atoms with E-state index in [9.17, 15) is 4.39 Å². The van der Waals surface area contributed by atoms with Gasteiger partial charge in [0, 0.05) is 0 Å². The van der Waals surface area contributed by atoms with E-state index >= 15 is 0 Å². The SMILES string of the molecule is CCOc1ccc(C(C)(CCCOc2ccc(F)cc2)Cc2ccccc2)cc1. The lowest BCUT2D eigenvalue weighted by atomic mass is 9.74. The molecule has 0 saturated heterocycles. The number of hydrogen-bond donors (Lipinski definition) is 0. The van der Waals surface area contributed by atoms with Gasteiger partial charge in [0.15, 0.2) is 0 Å². The molecule has 3 aromatic carbocycles. The van der Waals surface area contributed by atoms with E-state index in [1.54, 1.807) is 12.1 Å². The quantitative estimate of drug-likeness (QED) is 0.363. The van der Waals surface area contributed by atoms with Gasteiger partial charge >= 0.3 is 0 Å². The number of rotatable bonds is 10. The normalized spacial score (nSPS) is 12.9. The third-order valence-corrected chi connectivity index (χ3v) is 5.25. The highest BCUT2D eigenvalue weighted by atomic mass is 19.1. The third-order valence-electron chi connectivity index (χ3n) is 5.25. The summed E-state index contributed by atoms with van der Waals surface area (Å²) >= 11 is 0. The second-order valence-electron chi connectivity index (χ2n) is 7.59. The number of halogens is 1. The maximum Gasteiger partial charge on any atom is 0.123 e. The van der Waals surface area contributed by atoms with Crippen LogP contribution in [0, 0.1) is 5.82 Å². The van der Waals surface area contributed by atoms with Crippen molar-refractivity contribution in [1.29, 1.82) is 0 Å². The van der Waals surface area contributed by atoms with Gasteiger partial charge in [0.1, 0.15) is 17.3 Å². The van der Waals surface area contributed by atoms with Gasteiger partial charge in [-0.2, -0.15) is 0 Å². The third kappa shape index (κ3) is 6.08. The minimum Gasteiger partial charge on any atom is -0.494 e. The second kappa shape index (κ2) is 10.1. The molecular weight excluding hydrogens is 363 g/mol. The van der Waals surface area contributed by atoms with Crippen LogP contribution in [0.5, 0.6) is 11.5 Å². The van der Waals surface area contributed by atoms with Crippen LogP contribution < -0.4 is 9.47 Å². The minimum atomic E-state index is -0.247. The Morgan fingerprint density at radius 1 is 0.793 bits per heavy atom. The second-order valence-corrected chi connectivity index (χ2v) is 7.59. The number of hydrogen-bond acceptors (Lipinski definition) is 2. The lowest BCUT2D eigenvalue weighted by molar-refractivity contribution is 0.282. The molecule has 0 saturated carbocycles. The zero-order chi connectivity index (χ0) is 20.5. The van der Waals surface area contributed by atoms with E-state index in [0.29, 0.717) is 19.0 Å². The molecule has 0 heterocycles. The minimum absolute atomic E-state index is 0.0156. The van der Waals surface area contributed by atoms with Crippen LogP contribution in [0.4, 0.5) is 4.39 Å². The van der Waals surface area contributed by atoms with Crippen molar-refractivity contribution in [3.63, 3.8) is 0 Å². The van der Waals surface area contributed by atoms with E-state index in [0.717, 1.165) is 25.0 Å². The Labute approximate surface area is 173 Å². The van der Waals surface area contributed by atoms with E-state index in [2.05, 4.69) is 55.5 Å². The first-order valence-corrected chi connectivity index (χ1v) is 10.2. The zero-order valence-corrected chi connectivity index (χ0v) is 17.2. The van der Waals surface area contributed by atoms with Gasteiger partial charge in [0.2, 0.25) is 0 Å². The van der Waals surface area contributed by atoms with Crippen molar-refractivity contribution >= 4 is 0 Å². The van der Waals surface area contributed by atoms with Crippen molar-refractivity contribution in [2.24, 2.45) is 0 Å². The van der Waals surface area contributed by atoms with Gasteiger partial charge in [-0.15, -0.1) is 0 Å². The molecule has 3 rings (SSSR count). The van der Waals surface area contributed by atoms with Crippen molar-refractivity contribution in [3.05, 3.63) is 95.8 Å². The van der Waals surface area contributed by atoms with Crippen molar-refractivity contribution in [2.75, 3.05) is 13.2 Å². The Morgan fingerprint density at radius 2 is 1.41 bits per heavy atom. The summed E-state index contributed by atoms with van der Waals surface area (Å²) in [7, 11) is 0. The predicted molar refractivity (Wildman–Crippen MR) is 116 cm³/mol. The number of ether oxygens (including phenoxy) is 2. The molecule has 0 aromatic heterocycles. The van der Waals surface area contributed by atoms with Crippen LogP contribution in [-0.2, 0) is 11.8 Å². The molecule has 0 aliphatic rings. The van der Waals surface area contributed by atoms with Crippen LogP contribution in [0.3, 0.4) is 0 Å². The van der Waals surface area contributed by atoms with Crippen molar-refractivity contribution < 1.29 is 13.9 Å². The average molecular weight is 393 g/mol. The van der Waals surface area contributed by atoms with Gasteiger partial charge in [-0.1, -0.05) is 49.4 Å². The van der Waals surface area contributed by atoms with Crippen LogP contribution in [0.1, 0.15) is 37.8 Å². The molecule has 0 aliphatic heterocycles. The maximum atomic E-state index is 13.0. The van der Waals surface area contributed by atoms with Crippen molar-refractivity contribution in [1.82, 2.24) is 0 Å². The van der Waals surface area contributed by atoms with E-state index in [1.165, 1.54) is 23.3 Å². The largest absolute Gasteiger partial charge is 0.494 e. The molecule has 1 unspecified atom stereocenters. The molecule has 0 bridgehead atoms. The number of benzene rings is 3. The summed E-state index contributed by atoms with van der Waals surface area (Å²) in [6, 6.07) is 25.2. The molecule has 1 atom stereocenters. The van der Waals surface area contributed by atoms with E-state index in [-0.39, 0.29) is 11.2 Å². The molecular formula is C26H29FO2.